The van der Waals surface area contributed by atoms with Gasteiger partial charge < -0.3 is 14.5 Å². The SMILES string of the molecule is CNC(CN1CCOCC1)c1ccc(-c2cc3ccccc3o2)cc1. The van der Waals surface area contributed by atoms with Gasteiger partial charge in [-0.25, -0.2) is 0 Å². The van der Waals surface area contributed by atoms with Gasteiger partial charge in [0.25, 0.3) is 0 Å². The first-order valence-corrected chi connectivity index (χ1v) is 8.90. The van der Waals surface area contributed by atoms with Crippen LogP contribution in [0.5, 0.6) is 0 Å². The summed E-state index contributed by atoms with van der Waals surface area (Å²) in [6.45, 7) is 4.69. The summed E-state index contributed by atoms with van der Waals surface area (Å²) in [6, 6.07) is 19.2. The molecule has 0 aliphatic carbocycles. The van der Waals surface area contributed by atoms with E-state index in [9.17, 15) is 0 Å². The number of nitrogens with zero attached hydrogens (tertiary/aromatic N) is 1. The molecule has 0 saturated carbocycles. The fourth-order valence-electron chi connectivity index (χ4n) is 3.41. The molecule has 2 aromatic carbocycles. The number of benzene rings is 2. The second-order valence-electron chi connectivity index (χ2n) is 6.52. The molecular weight excluding hydrogens is 312 g/mol. The minimum Gasteiger partial charge on any atom is -0.456 e. The molecule has 4 nitrogen and oxygen atoms in total. The molecule has 0 amide bonds. The zero-order chi connectivity index (χ0) is 17.1. The fraction of sp³-hybridized carbons (Fsp3) is 0.333. The van der Waals surface area contributed by atoms with Crippen molar-refractivity contribution in [2.24, 2.45) is 0 Å². The van der Waals surface area contributed by atoms with Gasteiger partial charge in [0, 0.05) is 36.6 Å². The van der Waals surface area contributed by atoms with Crippen LogP contribution in [0.15, 0.2) is 59.0 Å². The molecule has 1 N–H and O–H groups in total. The Hall–Kier alpha value is -2.14. The molecular formula is C21H24N2O2. The van der Waals surface area contributed by atoms with Crippen molar-refractivity contribution in [3.05, 3.63) is 60.2 Å². The van der Waals surface area contributed by atoms with Gasteiger partial charge in [-0.2, -0.15) is 0 Å². The van der Waals surface area contributed by atoms with Crippen LogP contribution in [-0.4, -0.2) is 44.8 Å². The minimum atomic E-state index is 0.322. The maximum Gasteiger partial charge on any atom is 0.135 e. The summed E-state index contributed by atoms with van der Waals surface area (Å²) < 4.78 is 11.4. The molecule has 3 aromatic rings. The standard InChI is InChI=1S/C21H24N2O2/c1-22-19(15-23-10-12-24-13-11-23)16-6-8-17(9-7-16)21-14-18-4-2-3-5-20(18)25-21/h2-9,14,19,22H,10-13,15H2,1H3. The van der Waals surface area contributed by atoms with Crippen LogP contribution < -0.4 is 5.32 Å². The molecule has 1 saturated heterocycles. The van der Waals surface area contributed by atoms with Gasteiger partial charge >= 0.3 is 0 Å². The van der Waals surface area contributed by atoms with Gasteiger partial charge in [-0.3, -0.25) is 4.90 Å². The minimum absolute atomic E-state index is 0.322. The Kier molecular flexibility index (Phi) is 4.83. The number of ether oxygens (including phenoxy) is 1. The van der Waals surface area contributed by atoms with Crippen molar-refractivity contribution in [3.8, 4) is 11.3 Å². The molecule has 0 bridgehead atoms. The monoisotopic (exact) mass is 336 g/mol. The van der Waals surface area contributed by atoms with Crippen molar-refractivity contribution >= 4 is 11.0 Å². The van der Waals surface area contributed by atoms with Gasteiger partial charge in [-0.05, 0) is 24.7 Å². The Balaban J connectivity index is 1.51. The smallest absolute Gasteiger partial charge is 0.135 e. The lowest BCUT2D eigenvalue weighted by atomic mass is 10.0. The van der Waals surface area contributed by atoms with Crippen LogP contribution >= 0.6 is 0 Å². The maximum atomic E-state index is 5.96. The highest BCUT2D eigenvalue weighted by atomic mass is 16.5. The molecule has 130 valence electrons. The molecule has 0 radical (unpaired) electrons. The number of likely N-dealkylation sites (N-methyl/N-ethyl adjacent to an activating group) is 1. The third-order valence-electron chi connectivity index (χ3n) is 4.92. The second kappa shape index (κ2) is 7.40. The van der Waals surface area contributed by atoms with E-state index in [0.29, 0.717) is 6.04 Å². The van der Waals surface area contributed by atoms with Gasteiger partial charge in [0.1, 0.15) is 11.3 Å². The van der Waals surface area contributed by atoms with E-state index in [-0.39, 0.29) is 0 Å². The van der Waals surface area contributed by atoms with E-state index in [1.807, 2.05) is 25.2 Å². The first kappa shape index (κ1) is 16.3. The molecule has 1 atom stereocenters. The van der Waals surface area contributed by atoms with E-state index in [1.54, 1.807) is 0 Å². The Morgan fingerprint density at radius 2 is 1.80 bits per heavy atom. The van der Waals surface area contributed by atoms with Crippen molar-refractivity contribution in [2.45, 2.75) is 6.04 Å². The number of hydrogen-bond donors (Lipinski definition) is 1. The fourth-order valence-corrected chi connectivity index (χ4v) is 3.41. The summed E-state index contributed by atoms with van der Waals surface area (Å²) in [4.78, 5) is 2.46. The quantitative estimate of drug-likeness (QED) is 0.771. The van der Waals surface area contributed by atoms with Crippen molar-refractivity contribution in [3.63, 3.8) is 0 Å². The molecule has 1 aromatic heterocycles. The van der Waals surface area contributed by atoms with Crippen LogP contribution in [0, 0.1) is 0 Å². The van der Waals surface area contributed by atoms with Crippen molar-refractivity contribution in [1.82, 2.24) is 10.2 Å². The zero-order valence-corrected chi connectivity index (χ0v) is 14.6. The molecule has 0 spiro atoms. The summed E-state index contributed by atoms with van der Waals surface area (Å²) in [5.41, 5.74) is 3.34. The van der Waals surface area contributed by atoms with Gasteiger partial charge in [0.2, 0.25) is 0 Å². The molecule has 4 heteroatoms. The van der Waals surface area contributed by atoms with E-state index >= 15 is 0 Å². The zero-order valence-electron chi connectivity index (χ0n) is 14.6. The summed E-state index contributed by atoms with van der Waals surface area (Å²) in [6.07, 6.45) is 0. The summed E-state index contributed by atoms with van der Waals surface area (Å²) in [5.74, 6) is 0.918. The van der Waals surface area contributed by atoms with E-state index in [0.717, 1.165) is 55.1 Å². The van der Waals surface area contributed by atoms with E-state index in [4.69, 9.17) is 9.15 Å². The Morgan fingerprint density at radius 3 is 2.52 bits per heavy atom. The first-order valence-electron chi connectivity index (χ1n) is 8.90. The lowest BCUT2D eigenvalue weighted by molar-refractivity contribution is 0.0338. The van der Waals surface area contributed by atoms with Crippen LogP contribution in [0.25, 0.3) is 22.3 Å². The third kappa shape index (κ3) is 3.61. The van der Waals surface area contributed by atoms with Crippen LogP contribution in [0.2, 0.25) is 0 Å². The van der Waals surface area contributed by atoms with Crippen LogP contribution in [-0.2, 0) is 4.74 Å². The van der Waals surface area contributed by atoms with Crippen molar-refractivity contribution in [2.75, 3.05) is 39.9 Å². The first-order chi connectivity index (χ1) is 12.3. The molecule has 1 unspecified atom stereocenters. The highest BCUT2D eigenvalue weighted by Gasteiger charge is 2.17. The molecule has 1 aliphatic heterocycles. The summed E-state index contributed by atoms with van der Waals surface area (Å²) in [7, 11) is 2.03. The number of furan rings is 1. The summed E-state index contributed by atoms with van der Waals surface area (Å²) in [5, 5.41) is 4.58. The van der Waals surface area contributed by atoms with Gasteiger partial charge in [0.15, 0.2) is 0 Å². The predicted molar refractivity (Wildman–Crippen MR) is 101 cm³/mol. The highest BCUT2D eigenvalue weighted by molar-refractivity contribution is 5.82. The van der Waals surface area contributed by atoms with Gasteiger partial charge in [-0.15, -0.1) is 0 Å². The maximum absolute atomic E-state index is 5.96. The number of fused-ring (bicyclic) bond motifs is 1. The van der Waals surface area contributed by atoms with Crippen LogP contribution in [0.3, 0.4) is 0 Å². The largest absolute Gasteiger partial charge is 0.456 e. The van der Waals surface area contributed by atoms with Crippen LogP contribution in [0.4, 0.5) is 0 Å². The van der Waals surface area contributed by atoms with Crippen LogP contribution in [0.1, 0.15) is 11.6 Å². The Bertz CT molecular complexity index is 786. The van der Waals surface area contributed by atoms with E-state index < -0.39 is 0 Å². The predicted octanol–water partition coefficient (Wildman–Crippen LogP) is 3.69. The number of para-hydroxylation sites is 1. The Labute approximate surface area is 148 Å². The van der Waals surface area contributed by atoms with E-state index in [1.165, 1.54) is 5.56 Å². The normalized spacial score (nSPS) is 17.0. The highest BCUT2D eigenvalue weighted by Crippen LogP contribution is 2.28. The van der Waals surface area contributed by atoms with Gasteiger partial charge in [0.05, 0.1) is 13.2 Å². The number of morpholine rings is 1. The molecule has 2 heterocycles. The molecule has 1 fully saturated rings. The third-order valence-corrected chi connectivity index (χ3v) is 4.92. The Morgan fingerprint density at radius 1 is 1.04 bits per heavy atom. The molecule has 4 rings (SSSR count). The van der Waals surface area contributed by atoms with E-state index in [2.05, 4.69) is 46.6 Å². The summed E-state index contributed by atoms with van der Waals surface area (Å²) >= 11 is 0. The molecule has 1 aliphatic rings. The lowest BCUT2D eigenvalue weighted by Gasteiger charge is -2.30. The number of rotatable bonds is 5. The lowest BCUT2D eigenvalue weighted by Crippen LogP contribution is -2.41. The average molecular weight is 336 g/mol. The van der Waals surface area contributed by atoms with Crippen molar-refractivity contribution < 1.29 is 9.15 Å². The van der Waals surface area contributed by atoms with Gasteiger partial charge in [-0.1, -0.05) is 42.5 Å². The topological polar surface area (TPSA) is 37.6 Å². The second-order valence-corrected chi connectivity index (χ2v) is 6.52. The average Bonchev–Trinajstić information content (AvgIpc) is 3.11. The number of nitrogens with one attached hydrogen (secondary N) is 1. The number of hydrogen-bond acceptors (Lipinski definition) is 4. The molecule has 25 heavy (non-hydrogen) atoms. The van der Waals surface area contributed by atoms with Crippen molar-refractivity contribution in [1.29, 1.82) is 0 Å².